The van der Waals surface area contributed by atoms with E-state index >= 15 is 0 Å². The van der Waals surface area contributed by atoms with E-state index in [1.165, 1.54) is 7.11 Å². The first-order valence-corrected chi connectivity index (χ1v) is 4.16. The van der Waals surface area contributed by atoms with E-state index in [0.717, 1.165) is 6.54 Å². The van der Waals surface area contributed by atoms with Crippen LogP contribution in [-0.2, 0) is 14.3 Å². The summed E-state index contributed by atoms with van der Waals surface area (Å²) in [6.07, 6.45) is 0. The summed E-state index contributed by atoms with van der Waals surface area (Å²) in [4.78, 5) is 11.5. The molecule has 0 radical (unpaired) electrons. The Morgan fingerprint density at radius 1 is 1.69 bits per heavy atom. The highest BCUT2D eigenvalue weighted by atomic mass is 35.5. The van der Waals surface area contributed by atoms with Gasteiger partial charge in [-0.2, -0.15) is 0 Å². The van der Waals surface area contributed by atoms with Crippen molar-refractivity contribution >= 4 is 18.4 Å². The van der Waals surface area contributed by atoms with Gasteiger partial charge < -0.3 is 14.8 Å². The minimum Gasteiger partial charge on any atom is -0.468 e. The van der Waals surface area contributed by atoms with Crippen LogP contribution in [0.3, 0.4) is 0 Å². The molecule has 2 saturated heterocycles. The quantitative estimate of drug-likeness (QED) is 0.606. The van der Waals surface area contributed by atoms with Crippen molar-refractivity contribution in [3.8, 4) is 0 Å². The molecule has 2 atom stereocenters. The van der Waals surface area contributed by atoms with E-state index in [4.69, 9.17) is 9.47 Å². The highest BCUT2D eigenvalue weighted by Gasteiger charge is 2.54. The van der Waals surface area contributed by atoms with Gasteiger partial charge in [-0.25, -0.2) is 0 Å². The zero-order valence-corrected chi connectivity index (χ0v) is 8.36. The lowest BCUT2D eigenvalue weighted by Crippen LogP contribution is -2.39. The van der Waals surface area contributed by atoms with E-state index in [9.17, 15) is 4.79 Å². The average Bonchev–Trinajstić information content (AvgIpc) is 2.60. The Labute approximate surface area is 83.4 Å². The maximum Gasteiger partial charge on any atom is 0.315 e. The Balaban J connectivity index is 0.000000845. The van der Waals surface area contributed by atoms with Crippen LogP contribution in [0.4, 0.5) is 0 Å². The fourth-order valence-corrected chi connectivity index (χ4v) is 2.08. The zero-order valence-electron chi connectivity index (χ0n) is 7.54. The minimum absolute atomic E-state index is 0. The van der Waals surface area contributed by atoms with E-state index in [-0.39, 0.29) is 23.8 Å². The van der Waals surface area contributed by atoms with Gasteiger partial charge in [-0.05, 0) is 0 Å². The molecular formula is C8H14ClNO3. The van der Waals surface area contributed by atoms with Gasteiger partial charge in [0.25, 0.3) is 0 Å². The number of esters is 1. The second-order valence-corrected chi connectivity index (χ2v) is 3.49. The van der Waals surface area contributed by atoms with Gasteiger partial charge in [0.2, 0.25) is 0 Å². The fraction of sp³-hybridized carbons (Fsp3) is 0.875. The molecule has 2 rings (SSSR count). The molecule has 2 heterocycles. The van der Waals surface area contributed by atoms with Gasteiger partial charge in [-0.3, -0.25) is 4.79 Å². The zero-order chi connectivity index (χ0) is 8.60. The smallest absolute Gasteiger partial charge is 0.315 e. The third kappa shape index (κ3) is 1.43. The lowest BCUT2D eigenvalue weighted by molar-refractivity contribution is -0.152. The van der Waals surface area contributed by atoms with Crippen LogP contribution in [0.1, 0.15) is 0 Å². The molecule has 2 aliphatic heterocycles. The number of ether oxygens (including phenoxy) is 2. The first-order chi connectivity index (χ1) is 5.79. The van der Waals surface area contributed by atoms with Crippen LogP contribution in [-0.4, -0.2) is 39.4 Å². The highest BCUT2D eigenvalue weighted by molar-refractivity contribution is 5.85. The van der Waals surface area contributed by atoms with Crippen molar-refractivity contribution in [2.45, 2.75) is 0 Å². The maximum atomic E-state index is 11.5. The van der Waals surface area contributed by atoms with Crippen LogP contribution in [0.15, 0.2) is 0 Å². The van der Waals surface area contributed by atoms with E-state index in [2.05, 4.69) is 5.32 Å². The van der Waals surface area contributed by atoms with Crippen molar-refractivity contribution in [3.05, 3.63) is 0 Å². The lowest BCUT2D eigenvalue weighted by atomic mass is 9.81. The SMILES string of the molecule is COC(=O)[C@]12CNC[C@H]1COC2.Cl. The standard InChI is InChI=1S/C8H13NO3.ClH/c1-11-7(10)8-4-9-2-6(8)3-12-5-8;/h6,9H,2-5H2,1H3;1H/t6-,8-;/m0./s1. The second-order valence-electron chi connectivity index (χ2n) is 3.49. The molecule has 0 unspecified atom stereocenters. The molecule has 0 aliphatic carbocycles. The molecule has 0 bridgehead atoms. The topological polar surface area (TPSA) is 47.6 Å². The summed E-state index contributed by atoms with van der Waals surface area (Å²) in [6.45, 7) is 2.76. The molecule has 76 valence electrons. The fourth-order valence-electron chi connectivity index (χ4n) is 2.08. The highest BCUT2D eigenvalue weighted by Crippen LogP contribution is 2.38. The van der Waals surface area contributed by atoms with E-state index < -0.39 is 0 Å². The molecule has 1 N–H and O–H groups in total. The molecule has 0 amide bonds. The van der Waals surface area contributed by atoms with E-state index in [1.807, 2.05) is 0 Å². The number of halogens is 1. The van der Waals surface area contributed by atoms with Crippen LogP contribution in [0.5, 0.6) is 0 Å². The van der Waals surface area contributed by atoms with Crippen molar-refractivity contribution in [2.24, 2.45) is 11.3 Å². The van der Waals surface area contributed by atoms with Crippen molar-refractivity contribution in [1.82, 2.24) is 5.32 Å². The van der Waals surface area contributed by atoms with Crippen LogP contribution >= 0.6 is 12.4 Å². The number of methoxy groups -OCH3 is 1. The summed E-state index contributed by atoms with van der Waals surface area (Å²) in [6, 6.07) is 0. The number of carbonyl (C=O) groups is 1. The average molecular weight is 208 g/mol. The Kier molecular flexibility index (Phi) is 3.16. The van der Waals surface area contributed by atoms with Crippen molar-refractivity contribution < 1.29 is 14.3 Å². The minimum atomic E-state index is -0.380. The summed E-state index contributed by atoms with van der Waals surface area (Å²) >= 11 is 0. The Hall–Kier alpha value is -0.320. The van der Waals surface area contributed by atoms with Crippen molar-refractivity contribution in [1.29, 1.82) is 0 Å². The van der Waals surface area contributed by atoms with Crippen LogP contribution in [0, 0.1) is 11.3 Å². The molecular weight excluding hydrogens is 194 g/mol. The molecule has 13 heavy (non-hydrogen) atoms. The van der Waals surface area contributed by atoms with Gasteiger partial charge in [-0.1, -0.05) is 0 Å². The summed E-state index contributed by atoms with van der Waals surface area (Å²) in [5.74, 6) is 0.181. The number of hydrogen-bond donors (Lipinski definition) is 1. The predicted molar refractivity (Wildman–Crippen MR) is 48.9 cm³/mol. The number of fused-ring (bicyclic) bond motifs is 1. The summed E-state index contributed by atoms with van der Waals surface area (Å²) in [5, 5.41) is 3.20. The molecule has 0 saturated carbocycles. The first kappa shape index (κ1) is 10.8. The summed E-state index contributed by atoms with van der Waals surface area (Å²) in [5.41, 5.74) is -0.380. The number of hydrogen-bond acceptors (Lipinski definition) is 4. The van der Waals surface area contributed by atoms with E-state index in [1.54, 1.807) is 0 Å². The Morgan fingerprint density at radius 3 is 3.15 bits per heavy atom. The van der Waals surface area contributed by atoms with Crippen LogP contribution in [0.25, 0.3) is 0 Å². The predicted octanol–water partition coefficient (Wildman–Crippen LogP) is -0.183. The third-order valence-electron chi connectivity index (χ3n) is 2.88. The van der Waals surface area contributed by atoms with Crippen LogP contribution < -0.4 is 5.32 Å². The van der Waals surface area contributed by atoms with E-state index in [0.29, 0.717) is 25.7 Å². The number of carbonyl (C=O) groups excluding carboxylic acids is 1. The van der Waals surface area contributed by atoms with Gasteiger partial charge in [-0.15, -0.1) is 12.4 Å². The molecule has 0 aromatic rings. The Bertz CT molecular complexity index is 200. The molecule has 0 aromatic heterocycles. The summed E-state index contributed by atoms with van der Waals surface area (Å²) < 4.78 is 10.1. The van der Waals surface area contributed by atoms with Gasteiger partial charge in [0, 0.05) is 19.0 Å². The van der Waals surface area contributed by atoms with Gasteiger partial charge in [0.1, 0.15) is 5.41 Å². The first-order valence-electron chi connectivity index (χ1n) is 4.16. The van der Waals surface area contributed by atoms with Crippen molar-refractivity contribution in [3.63, 3.8) is 0 Å². The molecule has 2 fully saturated rings. The maximum absolute atomic E-state index is 11.5. The molecule has 5 heteroatoms. The second kappa shape index (κ2) is 3.82. The van der Waals surface area contributed by atoms with Gasteiger partial charge >= 0.3 is 5.97 Å². The molecule has 4 nitrogen and oxygen atoms in total. The summed E-state index contributed by atoms with van der Waals surface area (Å²) in [7, 11) is 1.44. The van der Waals surface area contributed by atoms with Gasteiger partial charge in [0.05, 0.1) is 20.3 Å². The van der Waals surface area contributed by atoms with Gasteiger partial charge in [0.15, 0.2) is 0 Å². The molecule has 0 aromatic carbocycles. The van der Waals surface area contributed by atoms with Crippen molar-refractivity contribution in [2.75, 3.05) is 33.4 Å². The third-order valence-corrected chi connectivity index (χ3v) is 2.88. The molecule has 0 spiro atoms. The number of rotatable bonds is 1. The van der Waals surface area contributed by atoms with Crippen LogP contribution in [0.2, 0.25) is 0 Å². The monoisotopic (exact) mass is 207 g/mol. The molecule has 2 aliphatic rings. The largest absolute Gasteiger partial charge is 0.468 e. The number of nitrogens with one attached hydrogen (secondary N) is 1. The lowest BCUT2D eigenvalue weighted by Gasteiger charge is -2.22. The Morgan fingerprint density at radius 2 is 2.46 bits per heavy atom. The normalized spacial score (nSPS) is 36.5.